The van der Waals surface area contributed by atoms with E-state index in [1.807, 2.05) is 13.2 Å². The van der Waals surface area contributed by atoms with Crippen LogP contribution in [0, 0.1) is 11.3 Å². The number of rotatable bonds is 10. The second kappa shape index (κ2) is 11.4. The molecule has 6 heteroatoms. The monoisotopic (exact) mass is 359 g/mol. The molecule has 1 aliphatic rings. The molecule has 0 amide bonds. The Morgan fingerprint density at radius 3 is 2.81 bits per heavy atom. The van der Waals surface area contributed by atoms with E-state index in [1.54, 1.807) is 31.5 Å². The molecule has 0 aromatic carbocycles. The maximum Gasteiger partial charge on any atom is 0.136 e. The molecule has 0 saturated heterocycles. The van der Waals surface area contributed by atoms with Crippen molar-refractivity contribution in [2.45, 2.75) is 26.7 Å². The van der Waals surface area contributed by atoms with Crippen LogP contribution in [0.25, 0.3) is 0 Å². The van der Waals surface area contributed by atoms with Crippen molar-refractivity contribution >= 4 is 11.5 Å². The van der Waals surface area contributed by atoms with Crippen molar-refractivity contribution in [1.82, 2.24) is 15.7 Å². The summed E-state index contributed by atoms with van der Waals surface area (Å²) in [5.41, 5.74) is 3.46. The van der Waals surface area contributed by atoms with Gasteiger partial charge in [-0.1, -0.05) is 32.1 Å². The number of aliphatic imine (C=N–C) groups is 1. The number of hydroxylamine groups is 2. The van der Waals surface area contributed by atoms with Crippen LogP contribution < -0.4 is 10.6 Å². The molecule has 3 N–H and O–H groups in total. The zero-order chi connectivity index (χ0) is 19.5. The van der Waals surface area contributed by atoms with E-state index in [0.29, 0.717) is 30.6 Å². The van der Waals surface area contributed by atoms with Crippen LogP contribution in [0.5, 0.6) is 0 Å². The third-order valence-electron chi connectivity index (χ3n) is 3.99. The van der Waals surface area contributed by atoms with Gasteiger partial charge in [-0.3, -0.25) is 0 Å². The first-order valence-corrected chi connectivity index (χ1v) is 8.94. The van der Waals surface area contributed by atoms with E-state index in [1.165, 1.54) is 5.57 Å². The molecule has 0 aromatic heterocycles. The molecule has 1 aliphatic heterocycles. The number of hydrogen-bond donors (Lipinski definition) is 3. The molecule has 0 aliphatic carbocycles. The highest BCUT2D eigenvalue weighted by Gasteiger charge is 2.12. The first-order chi connectivity index (χ1) is 12.4. The van der Waals surface area contributed by atoms with Crippen molar-refractivity contribution in [2.75, 3.05) is 34.3 Å². The Morgan fingerprint density at radius 1 is 1.46 bits per heavy atom. The lowest BCUT2D eigenvalue weighted by atomic mass is 10.0. The quantitative estimate of drug-likeness (QED) is 0.414. The smallest absolute Gasteiger partial charge is 0.136 e. The summed E-state index contributed by atoms with van der Waals surface area (Å²) < 4.78 is 0. The van der Waals surface area contributed by atoms with E-state index in [2.05, 4.69) is 42.1 Å². The van der Waals surface area contributed by atoms with E-state index >= 15 is 0 Å². The third kappa shape index (κ3) is 7.80. The molecule has 0 bridgehead atoms. The van der Waals surface area contributed by atoms with E-state index < -0.39 is 0 Å². The molecule has 0 spiro atoms. The van der Waals surface area contributed by atoms with E-state index in [-0.39, 0.29) is 0 Å². The number of amidine groups is 1. The number of nitrogens with one attached hydrogen (secondary N) is 3. The van der Waals surface area contributed by atoms with Crippen LogP contribution in [0.3, 0.4) is 0 Å². The topological polar surface area (TPSA) is 72.7 Å². The Balaban J connectivity index is 2.78. The van der Waals surface area contributed by atoms with E-state index in [0.717, 1.165) is 24.0 Å². The average molecular weight is 360 g/mol. The normalized spacial score (nSPS) is 16.4. The second-order valence-corrected chi connectivity index (χ2v) is 6.76. The zero-order valence-electron chi connectivity index (χ0n) is 16.7. The summed E-state index contributed by atoms with van der Waals surface area (Å²) in [5.74, 6) is 1.35. The van der Waals surface area contributed by atoms with Gasteiger partial charge in [0.2, 0.25) is 0 Å². The summed E-state index contributed by atoms with van der Waals surface area (Å²) in [6.45, 7) is 9.95. The van der Waals surface area contributed by atoms with Crippen LogP contribution in [0.2, 0.25) is 0 Å². The maximum absolute atomic E-state index is 8.04. The van der Waals surface area contributed by atoms with Crippen molar-refractivity contribution in [3.8, 4) is 0 Å². The minimum atomic E-state index is 0.428. The van der Waals surface area contributed by atoms with E-state index in [4.69, 9.17) is 10.2 Å². The van der Waals surface area contributed by atoms with Crippen molar-refractivity contribution in [2.24, 2.45) is 10.9 Å². The summed E-state index contributed by atoms with van der Waals surface area (Å²) >= 11 is 0. The average Bonchev–Trinajstić information content (AvgIpc) is 2.60. The summed E-state index contributed by atoms with van der Waals surface area (Å²) in [6, 6.07) is 0. The second-order valence-electron chi connectivity index (χ2n) is 6.76. The lowest BCUT2D eigenvalue weighted by molar-refractivity contribution is -0.101. The van der Waals surface area contributed by atoms with Gasteiger partial charge in [0.05, 0.1) is 18.4 Å². The molecule has 0 radical (unpaired) electrons. The van der Waals surface area contributed by atoms with Crippen LogP contribution in [-0.4, -0.2) is 50.9 Å². The van der Waals surface area contributed by atoms with Crippen molar-refractivity contribution in [3.63, 3.8) is 0 Å². The van der Waals surface area contributed by atoms with Crippen LogP contribution in [0.15, 0.2) is 52.8 Å². The molecule has 0 atom stereocenters. The molecule has 26 heavy (non-hydrogen) atoms. The minimum absolute atomic E-state index is 0.428. The Kier molecular flexibility index (Phi) is 9.62. The number of nitrogens with zero attached hydrogens (tertiary/aromatic N) is 2. The molecule has 0 fully saturated rings. The first kappa shape index (κ1) is 21.9. The lowest BCUT2D eigenvalue weighted by Gasteiger charge is -2.18. The fraction of sp³-hybridized carbons (Fsp3) is 0.500. The van der Waals surface area contributed by atoms with Gasteiger partial charge in [0, 0.05) is 39.6 Å². The molecule has 1 heterocycles. The van der Waals surface area contributed by atoms with Crippen molar-refractivity contribution in [1.29, 1.82) is 5.41 Å². The van der Waals surface area contributed by atoms with Crippen LogP contribution >= 0.6 is 0 Å². The SMILES string of the molecule is C=C(/C=C(/CN/C=C1\C(=N)C=CN=C1NC)CN(C)OC)CCC(C)C. The highest BCUT2D eigenvalue weighted by Crippen LogP contribution is 2.13. The first-order valence-electron chi connectivity index (χ1n) is 8.94. The highest BCUT2D eigenvalue weighted by molar-refractivity contribution is 6.27. The molecule has 0 aromatic rings. The number of allylic oxidation sites excluding steroid dienone is 3. The van der Waals surface area contributed by atoms with Gasteiger partial charge in [0.1, 0.15) is 5.84 Å². The van der Waals surface area contributed by atoms with Crippen LogP contribution in [0.4, 0.5) is 0 Å². The molecular weight excluding hydrogens is 326 g/mol. The summed E-state index contributed by atoms with van der Waals surface area (Å²) in [5, 5.41) is 16.1. The highest BCUT2D eigenvalue weighted by atomic mass is 16.7. The predicted octanol–water partition coefficient (Wildman–Crippen LogP) is 3.04. The molecule has 0 unspecified atom stereocenters. The third-order valence-corrected chi connectivity index (χ3v) is 3.99. The largest absolute Gasteiger partial charge is 0.386 e. The number of likely N-dealkylation sites (N-methyl/N-ethyl adjacent to an activating group) is 2. The van der Waals surface area contributed by atoms with Gasteiger partial charge in [0.15, 0.2) is 0 Å². The Morgan fingerprint density at radius 2 is 2.19 bits per heavy atom. The summed E-state index contributed by atoms with van der Waals surface area (Å²) in [4.78, 5) is 9.50. The Bertz CT molecular complexity index is 614. The zero-order valence-corrected chi connectivity index (χ0v) is 16.7. The lowest BCUT2D eigenvalue weighted by Crippen LogP contribution is -2.29. The fourth-order valence-corrected chi connectivity index (χ4v) is 2.44. The van der Waals surface area contributed by atoms with Gasteiger partial charge in [-0.25, -0.2) is 4.99 Å². The van der Waals surface area contributed by atoms with Crippen LogP contribution in [-0.2, 0) is 4.84 Å². The fourth-order valence-electron chi connectivity index (χ4n) is 2.44. The van der Waals surface area contributed by atoms with E-state index in [9.17, 15) is 0 Å². The van der Waals surface area contributed by atoms with Gasteiger partial charge in [-0.15, -0.1) is 0 Å². The van der Waals surface area contributed by atoms with Crippen LogP contribution in [0.1, 0.15) is 26.7 Å². The summed E-state index contributed by atoms with van der Waals surface area (Å²) in [6.07, 6.45) is 9.40. The van der Waals surface area contributed by atoms with Gasteiger partial charge >= 0.3 is 0 Å². The predicted molar refractivity (Wildman–Crippen MR) is 110 cm³/mol. The minimum Gasteiger partial charge on any atom is -0.386 e. The van der Waals surface area contributed by atoms with Crippen molar-refractivity contribution in [3.05, 3.63) is 47.9 Å². The molecule has 144 valence electrons. The van der Waals surface area contributed by atoms with Gasteiger partial charge < -0.3 is 20.9 Å². The maximum atomic E-state index is 8.04. The number of hydrogen-bond acceptors (Lipinski definition) is 6. The molecular formula is C20H33N5O. The van der Waals surface area contributed by atoms with Gasteiger partial charge in [-0.05, 0) is 30.4 Å². The summed E-state index contributed by atoms with van der Waals surface area (Å²) in [7, 11) is 5.36. The standard InChI is InChI=1S/C20H33N5O/c1-15(2)7-8-16(3)11-17(14-25(5)26-6)12-23-13-18-19(21)9-10-24-20(18)22-4/h9-11,13,15,21,23H,3,7-8,12,14H2,1-2,4-6H3,(H,22,24)/b17-11-,18-13+,21-19?. The molecule has 1 rings (SSSR count). The van der Waals surface area contributed by atoms with Crippen molar-refractivity contribution < 1.29 is 4.84 Å². The molecule has 0 saturated carbocycles. The van der Waals surface area contributed by atoms with Gasteiger partial charge in [-0.2, -0.15) is 5.06 Å². The van der Waals surface area contributed by atoms with Gasteiger partial charge in [0.25, 0.3) is 0 Å². The molecule has 6 nitrogen and oxygen atoms in total. The Hall–Kier alpha value is -2.18. The Labute approximate surface area is 157 Å².